The van der Waals surface area contributed by atoms with Crippen LogP contribution >= 0.6 is 0 Å². The van der Waals surface area contributed by atoms with Gasteiger partial charge in [-0.15, -0.1) is 0 Å². The number of rotatable bonds is 6. The molecule has 0 amide bonds. The predicted octanol–water partition coefficient (Wildman–Crippen LogP) is 7.48. The van der Waals surface area contributed by atoms with Gasteiger partial charge in [0.15, 0.2) is 0 Å². The summed E-state index contributed by atoms with van der Waals surface area (Å²) < 4.78 is 11.7. The Kier molecular flexibility index (Phi) is 6.20. The number of methoxy groups -OCH3 is 2. The van der Waals surface area contributed by atoms with Crippen LogP contribution in [0.4, 0.5) is 0 Å². The van der Waals surface area contributed by atoms with E-state index in [1.54, 1.807) is 14.2 Å². The molecule has 0 aliphatic rings. The molecule has 0 aromatic heterocycles. The molecule has 38 heavy (non-hydrogen) atoms. The zero-order valence-electron chi connectivity index (χ0n) is 21.4. The molecule has 0 unspecified atom stereocenters. The van der Waals surface area contributed by atoms with Gasteiger partial charge in [0, 0.05) is 11.1 Å². The van der Waals surface area contributed by atoms with Gasteiger partial charge in [-0.2, -0.15) is 0 Å². The van der Waals surface area contributed by atoms with E-state index in [1.807, 2.05) is 60.7 Å². The van der Waals surface area contributed by atoms with Crippen LogP contribution in [0.1, 0.15) is 11.1 Å². The highest BCUT2D eigenvalue weighted by molar-refractivity contribution is 6.15. The van der Waals surface area contributed by atoms with Gasteiger partial charge in [-0.05, 0) is 66.7 Å². The SMILES string of the molecule is COc1ccc2ccccc2c1-c1c(CO)ccc2c(-c3c(OC)ccc4ccccc34)c(CO)ccc12. The van der Waals surface area contributed by atoms with Crippen LogP contribution in [0.25, 0.3) is 54.6 Å². The molecule has 0 saturated heterocycles. The number of hydrogen-bond acceptors (Lipinski definition) is 4. The zero-order valence-corrected chi connectivity index (χ0v) is 21.4. The Morgan fingerprint density at radius 2 is 0.868 bits per heavy atom. The number of aliphatic hydroxyl groups is 2. The van der Waals surface area contributed by atoms with Crippen molar-refractivity contribution < 1.29 is 19.7 Å². The molecule has 6 aromatic rings. The first kappa shape index (κ1) is 24.0. The zero-order chi connectivity index (χ0) is 26.2. The van der Waals surface area contributed by atoms with Crippen molar-refractivity contribution in [3.63, 3.8) is 0 Å². The van der Waals surface area contributed by atoms with E-state index >= 15 is 0 Å². The molecule has 4 nitrogen and oxygen atoms in total. The third-order valence-electron chi connectivity index (χ3n) is 7.44. The number of aliphatic hydroxyl groups excluding tert-OH is 2. The molecule has 6 aromatic carbocycles. The predicted molar refractivity (Wildman–Crippen MR) is 155 cm³/mol. The Bertz CT molecular complexity index is 1690. The van der Waals surface area contributed by atoms with Crippen molar-refractivity contribution in [2.75, 3.05) is 14.2 Å². The standard InChI is InChI=1S/C34H28O4/c1-37-29-17-13-21-7-3-5-9-25(21)33(29)31-23(19-35)11-16-28-27(31)15-12-24(20-36)32(28)34-26-10-6-4-8-22(26)14-18-30(34)38-2/h3-18,35-36H,19-20H2,1-2H3. The minimum Gasteiger partial charge on any atom is -0.496 e. The highest BCUT2D eigenvalue weighted by Gasteiger charge is 2.22. The van der Waals surface area contributed by atoms with Gasteiger partial charge >= 0.3 is 0 Å². The highest BCUT2D eigenvalue weighted by atomic mass is 16.5. The van der Waals surface area contributed by atoms with Gasteiger partial charge in [0.25, 0.3) is 0 Å². The van der Waals surface area contributed by atoms with E-state index in [0.717, 1.165) is 77.2 Å². The van der Waals surface area contributed by atoms with E-state index in [4.69, 9.17) is 9.47 Å². The average Bonchev–Trinajstić information content (AvgIpc) is 2.98. The summed E-state index contributed by atoms with van der Waals surface area (Å²) in [6.45, 7) is -0.237. The van der Waals surface area contributed by atoms with Crippen molar-refractivity contribution in [3.05, 3.63) is 108 Å². The topological polar surface area (TPSA) is 58.9 Å². The minimum atomic E-state index is -0.119. The van der Waals surface area contributed by atoms with Crippen LogP contribution in [-0.4, -0.2) is 24.4 Å². The summed E-state index contributed by atoms with van der Waals surface area (Å²) in [5, 5.41) is 27.2. The molecule has 0 bridgehead atoms. The van der Waals surface area contributed by atoms with Crippen molar-refractivity contribution >= 4 is 32.3 Å². The van der Waals surface area contributed by atoms with E-state index in [-0.39, 0.29) is 13.2 Å². The average molecular weight is 501 g/mol. The maximum Gasteiger partial charge on any atom is 0.127 e. The van der Waals surface area contributed by atoms with Crippen molar-refractivity contribution in [1.29, 1.82) is 0 Å². The second-order valence-electron chi connectivity index (χ2n) is 9.34. The Balaban J connectivity index is 1.80. The molecule has 4 heteroatoms. The molecule has 6 rings (SSSR count). The van der Waals surface area contributed by atoms with Gasteiger partial charge in [0.05, 0.1) is 27.4 Å². The fourth-order valence-corrected chi connectivity index (χ4v) is 5.71. The Morgan fingerprint density at radius 1 is 0.447 bits per heavy atom. The smallest absolute Gasteiger partial charge is 0.127 e. The lowest BCUT2D eigenvalue weighted by molar-refractivity contribution is 0.282. The first-order chi connectivity index (χ1) is 18.7. The van der Waals surface area contributed by atoms with Crippen LogP contribution in [0.2, 0.25) is 0 Å². The van der Waals surface area contributed by atoms with Crippen LogP contribution in [0, 0.1) is 0 Å². The summed E-state index contributed by atoms with van der Waals surface area (Å²) in [5.41, 5.74) is 5.33. The van der Waals surface area contributed by atoms with E-state index in [2.05, 4.69) is 36.4 Å². The Hall–Kier alpha value is -4.38. The summed E-state index contributed by atoms with van der Waals surface area (Å²) in [6.07, 6.45) is 0. The lowest BCUT2D eigenvalue weighted by Gasteiger charge is -2.21. The summed E-state index contributed by atoms with van der Waals surface area (Å²) in [5.74, 6) is 1.47. The number of fused-ring (bicyclic) bond motifs is 3. The van der Waals surface area contributed by atoms with Gasteiger partial charge in [0.1, 0.15) is 11.5 Å². The number of ether oxygens (including phenoxy) is 2. The molecule has 0 saturated carbocycles. The second kappa shape index (κ2) is 9.82. The summed E-state index contributed by atoms with van der Waals surface area (Å²) >= 11 is 0. The second-order valence-corrected chi connectivity index (χ2v) is 9.34. The molecule has 0 atom stereocenters. The van der Waals surface area contributed by atoms with Crippen molar-refractivity contribution in [1.82, 2.24) is 0 Å². The lowest BCUT2D eigenvalue weighted by Crippen LogP contribution is -1.99. The molecule has 0 aliphatic heterocycles. The van der Waals surface area contributed by atoms with E-state index in [1.165, 1.54) is 0 Å². The number of hydrogen-bond donors (Lipinski definition) is 2. The molecule has 0 aliphatic carbocycles. The van der Waals surface area contributed by atoms with E-state index in [9.17, 15) is 10.2 Å². The van der Waals surface area contributed by atoms with Crippen molar-refractivity contribution in [2.45, 2.75) is 13.2 Å². The van der Waals surface area contributed by atoms with Gasteiger partial charge in [-0.3, -0.25) is 0 Å². The Morgan fingerprint density at radius 3 is 1.26 bits per heavy atom. The van der Waals surface area contributed by atoms with Crippen LogP contribution in [-0.2, 0) is 13.2 Å². The van der Waals surface area contributed by atoms with Crippen LogP contribution < -0.4 is 9.47 Å². The van der Waals surface area contributed by atoms with Gasteiger partial charge < -0.3 is 19.7 Å². The van der Waals surface area contributed by atoms with E-state index in [0.29, 0.717) is 0 Å². The molecule has 0 heterocycles. The first-order valence-corrected chi connectivity index (χ1v) is 12.6. The third-order valence-corrected chi connectivity index (χ3v) is 7.44. The van der Waals surface area contributed by atoms with Crippen molar-refractivity contribution in [3.8, 4) is 33.8 Å². The number of benzene rings is 6. The Labute approximate surface area is 221 Å². The largest absolute Gasteiger partial charge is 0.496 e. The third kappa shape index (κ3) is 3.69. The normalized spacial score (nSPS) is 11.4. The van der Waals surface area contributed by atoms with E-state index < -0.39 is 0 Å². The van der Waals surface area contributed by atoms with Gasteiger partial charge in [0.2, 0.25) is 0 Å². The van der Waals surface area contributed by atoms with Crippen LogP contribution in [0.3, 0.4) is 0 Å². The van der Waals surface area contributed by atoms with Crippen LogP contribution in [0.15, 0.2) is 97.1 Å². The fourth-order valence-electron chi connectivity index (χ4n) is 5.71. The maximum atomic E-state index is 10.5. The monoisotopic (exact) mass is 500 g/mol. The molecular formula is C34H28O4. The lowest BCUT2D eigenvalue weighted by atomic mass is 9.84. The molecule has 0 radical (unpaired) electrons. The summed E-state index contributed by atoms with van der Waals surface area (Å²) in [7, 11) is 3.35. The molecule has 2 N–H and O–H groups in total. The van der Waals surface area contributed by atoms with Crippen LogP contribution in [0.5, 0.6) is 11.5 Å². The highest BCUT2D eigenvalue weighted by Crippen LogP contribution is 2.47. The maximum absolute atomic E-state index is 10.5. The molecule has 0 spiro atoms. The summed E-state index contributed by atoms with van der Waals surface area (Å²) in [4.78, 5) is 0. The van der Waals surface area contributed by atoms with Crippen molar-refractivity contribution in [2.24, 2.45) is 0 Å². The molecular weight excluding hydrogens is 472 g/mol. The minimum absolute atomic E-state index is 0.119. The first-order valence-electron chi connectivity index (χ1n) is 12.6. The summed E-state index contributed by atoms with van der Waals surface area (Å²) in [6, 6.07) is 32.5. The molecule has 0 fully saturated rings. The quantitative estimate of drug-likeness (QED) is 0.249. The molecule has 188 valence electrons. The fraction of sp³-hybridized carbons (Fsp3) is 0.118. The van der Waals surface area contributed by atoms with Gasteiger partial charge in [-0.1, -0.05) is 84.9 Å². The van der Waals surface area contributed by atoms with Gasteiger partial charge in [-0.25, -0.2) is 0 Å².